The van der Waals surface area contributed by atoms with Crippen LogP contribution in [0.3, 0.4) is 0 Å². The van der Waals surface area contributed by atoms with E-state index in [1.165, 1.54) is 5.56 Å². The van der Waals surface area contributed by atoms with Crippen LogP contribution >= 0.6 is 0 Å². The molecule has 1 aromatic heterocycles. The van der Waals surface area contributed by atoms with Crippen LogP contribution < -0.4 is 10.2 Å². The number of amides is 3. The number of aromatic nitrogens is 2. The summed E-state index contributed by atoms with van der Waals surface area (Å²) in [6.45, 7) is 6.95. The van der Waals surface area contributed by atoms with E-state index in [1.54, 1.807) is 22.3 Å². The molecule has 2 aromatic rings. The number of rotatable bonds is 8. The second kappa shape index (κ2) is 8.70. The SMILES string of the molecule is CC(C)c1ccc(N2CCN(CC(=O)NCCCn3ccnc3)C2=O)cc1. The molecular formula is C20H27N5O2. The summed E-state index contributed by atoms with van der Waals surface area (Å²) in [5.41, 5.74) is 2.13. The van der Waals surface area contributed by atoms with Crippen LogP contribution in [0.1, 0.15) is 31.7 Å². The molecule has 7 heteroatoms. The first-order chi connectivity index (χ1) is 13.0. The Labute approximate surface area is 160 Å². The first kappa shape index (κ1) is 18.9. The second-order valence-corrected chi connectivity index (χ2v) is 7.11. The number of benzene rings is 1. The van der Waals surface area contributed by atoms with Crippen LogP contribution in [0, 0.1) is 0 Å². The van der Waals surface area contributed by atoms with E-state index in [4.69, 9.17) is 0 Å². The molecule has 0 aliphatic carbocycles. The number of carbonyl (C=O) groups is 2. The van der Waals surface area contributed by atoms with Crippen molar-refractivity contribution in [3.05, 3.63) is 48.5 Å². The van der Waals surface area contributed by atoms with Crippen LogP contribution in [0.5, 0.6) is 0 Å². The fourth-order valence-corrected chi connectivity index (χ4v) is 3.15. The number of imidazole rings is 1. The molecule has 1 fully saturated rings. The maximum Gasteiger partial charge on any atom is 0.325 e. The molecule has 27 heavy (non-hydrogen) atoms. The Morgan fingerprint density at radius 1 is 1.22 bits per heavy atom. The fraction of sp³-hybridized carbons (Fsp3) is 0.450. The highest BCUT2D eigenvalue weighted by molar-refractivity contribution is 5.96. The number of carbonyl (C=O) groups excluding carboxylic acids is 2. The minimum Gasteiger partial charge on any atom is -0.354 e. The van der Waals surface area contributed by atoms with Crippen molar-refractivity contribution >= 4 is 17.6 Å². The minimum atomic E-state index is -0.119. The van der Waals surface area contributed by atoms with Gasteiger partial charge in [0.25, 0.3) is 0 Å². The molecule has 7 nitrogen and oxygen atoms in total. The largest absolute Gasteiger partial charge is 0.354 e. The van der Waals surface area contributed by atoms with Gasteiger partial charge in [-0.05, 0) is 30.0 Å². The average Bonchev–Trinajstić information content (AvgIpc) is 3.29. The molecule has 3 rings (SSSR count). The third kappa shape index (κ3) is 4.87. The third-order valence-corrected chi connectivity index (χ3v) is 4.78. The number of urea groups is 1. The summed E-state index contributed by atoms with van der Waals surface area (Å²) < 4.78 is 1.97. The van der Waals surface area contributed by atoms with Gasteiger partial charge in [0.05, 0.1) is 6.33 Å². The first-order valence-corrected chi connectivity index (χ1v) is 9.43. The number of anilines is 1. The molecule has 144 valence electrons. The van der Waals surface area contributed by atoms with E-state index < -0.39 is 0 Å². The van der Waals surface area contributed by atoms with Gasteiger partial charge in [0.2, 0.25) is 5.91 Å². The maximum atomic E-state index is 12.6. The molecule has 1 aromatic carbocycles. The quantitative estimate of drug-likeness (QED) is 0.727. The van der Waals surface area contributed by atoms with E-state index in [2.05, 4.69) is 36.3 Å². The van der Waals surface area contributed by atoms with Crippen molar-refractivity contribution < 1.29 is 9.59 Å². The van der Waals surface area contributed by atoms with Crippen LogP contribution in [0.4, 0.5) is 10.5 Å². The van der Waals surface area contributed by atoms with Gasteiger partial charge >= 0.3 is 6.03 Å². The molecule has 1 saturated heterocycles. The standard InChI is InChI=1S/C20H27N5O2/c1-16(2)17-4-6-18(7-5-17)25-13-12-24(20(25)27)14-19(26)22-8-3-10-23-11-9-21-15-23/h4-7,9,11,15-16H,3,8,10,12-14H2,1-2H3,(H,22,26). The number of nitrogens with one attached hydrogen (secondary N) is 1. The van der Waals surface area contributed by atoms with Crippen LogP contribution in [-0.2, 0) is 11.3 Å². The minimum absolute atomic E-state index is 0.102. The van der Waals surface area contributed by atoms with Gasteiger partial charge < -0.3 is 14.8 Å². The second-order valence-electron chi connectivity index (χ2n) is 7.11. The van der Waals surface area contributed by atoms with Gasteiger partial charge in [0, 0.05) is 44.3 Å². The zero-order chi connectivity index (χ0) is 19.2. The van der Waals surface area contributed by atoms with Crippen molar-refractivity contribution in [2.75, 3.05) is 31.1 Å². The Bertz CT molecular complexity index is 755. The molecule has 1 N–H and O–H groups in total. The highest BCUT2D eigenvalue weighted by Gasteiger charge is 2.30. The molecule has 1 aliphatic heterocycles. The van der Waals surface area contributed by atoms with Crippen molar-refractivity contribution in [1.29, 1.82) is 0 Å². The van der Waals surface area contributed by atoms with Crippen LogP contribution in [0.15, 0.2) is 43.0 Å². The summed E-state index contributed by atoms with van der Waals surface area (Å²) in [6.07, 6.45) is 6.21. The number of nitrogens with zero attached hydrogens (tertiary/aromatic N) is 4. The monoisotopic (exact) mass is 369 g/mol. The van der Waals surface area contributed by atoms with Crippen molar-refractivity contribution in [3.8, 4) is 0 Å². The summed E-state index contributed by atoms with van der Waals surface area (Å²) in [5, 5.41) is 2.88. The van der Waals surface area contributed by atoms with Crippen molar-refractivity contribution in [3.63, 3.8) is 0 Å². The molecule has 0 radical (unpaired) electrons. The molecule has 0 spiro atoms. The smallest absolute Gasteiger partial charge is 0.325 e. The number of aryl methyl sites for hydroxylation is 1. The molecular weight excluding hydrogens is 342 g/mol. The van der Waals surface area contributed by atoms with E-state index in [-0.39, 0.29) is 18.5 Å². The molecule has 2 heterocycles. The Morgan fingerprint density at radius 3 is 2.67 bits per heavy atom. The summed E-state index contributed by atoms with van der Waals surface area (Å²) in [5.74, 6) is 0.341. The van der Waals surface area contributed by atoms with Crippen molar-refractivity contribution in [1.82, 2.24) is 19.8 Å². The highest BCUT2D eigenvalue weighted by atomic mass is 16.2. The maximum absolute atomic E-state index is 12.6. The lowest BCUT2D eigenvalue weighted by Crippen LogP contribution is -2.40. The van der Waals surface area contributed by atoms with Crippen molar-refractivity contribution in [2.45, 2.75) is 32.7 Å². The van der Waals surface area contributed by atoms with Crippen LogP contribution in [0.25, 0.3) is 0 Å². The molecule has 0 saturated carbocycles. The van der Waals surface area contributed by atoms with E-state index in [9.17, 15) is 9.59 Å². The van der Waals surface area contributed by atoms with Gasteiger partial charge in [0.15, 0.2) is 0 Å². The Morgan fingerprint density at radius 2 is 2.00 bits per heavy atom. The zero-order valence-corrected chi connectivity index (χ0v) is 16.0. The topological polar surface area (TPSA) is 70.5 Å². The Kier molecular flexibility index (Phi) is 6.11. The van der Waals surface area contributed by atoms with E-state index in [0.717, 1.165) is 18.7 Å². The predicted molar refractivity (Wildman–Crippen MR) is 105 cm³/mol. The Hall–Kier alpha value is -2.83. The molecule has 1 aliphatic rings. The van der Waals surface area contributed by atoms with Crippen molar-refractivity contribution in [2.24, 2.45) is 0 Å². The molecule has 3 amide bonds. The molecule has 0 bridgehead atoms. The van der Waals surface area contributed by atoms with Crippen LogP contribution in [-0.4, -0.2) is 52.6 Å². The number of hydrogen-bond donors (Lipinski definition) is 1. The van der Waals surface area contributed by atoms with E-state index in [0.29, 0.717) is 25.6 Å². The summed E-state index contributed by atoms with van der Waals surface area (Å²) >= 11 is 0. The predicted octanol–water partition coefficient (Wildman–Crippen LogP) is 2.46. The molecule has 0 atom stereocenters. The first-order valence-electron chi connectivity index (χ1n) is 9.43. The van der Waals surface area contributed by atoms with E-state index >= 15 is 0 Å². The van der Waals surface area contributed by atoms with Gasteiger partial charge in [-0.15, -0.1) is 0 Å². The fourth-order valence-electron chi connectivity index (χ4n) is 3.15. The highest BCUT2D eigenvalue weighted by Crippen LogP contribution is 2.23. The lowest BCUT2D eigenvalue weighted by molar-refractivity contribution is -0.121. The summed E-state index contributed by atoms with van der Waals surface area (Å²) in [4.78, 5) is 32.0. The van der Waals surface area contributed by atoms with Crippen LogP contribution in [0.2, 0.25) is 0 Å². The molecule has 0 unspecified atom stereocenters. The Balaban J connectivity index is 1.44. The normalized spacial score (nSPS) is 14.3. The lowest BCUT2D eigenvalue weighted by atomic mass is 10.0. The number of hydrogen-bond acceptors (Lipinski definition) is 3. The van der Waals surface area contributed by atoms with E-state index in [1.807, 2.05) is 22.9 Å². The zero-order valence-electron chi connectivity index (χ0n) is 16.0. The third-order valence-electron chi connectivity index (χ3n) is 4.78. The van der Waals surface area contributed by atoms with Gasteiger partial charge in [0.1, 0.15) is 6.54 Å². The lowest BCUT2D eigenvalue weighted by Gasteiger charge is -2.19. The summed E-state index contributed by atoms with van der Waals surface area (Å²) in [6, 6.07) is 7.96. The van der Waals surface area contributed by atoms with Gasteiger partial charge in [-0.3, -0.25) is 9.69 Å². The average molecular weight is 369 g/mol. The van der Waals surface area contributed by atoms with Gasteiger partial charge in [-0.25, -0.2) is 9.78 Å². The van der Waals surface area contributed by atoms with Gasteiger partial charge in [-0.1, -0.05) is 26.0 Å². The van der Waals surface area contributed by atoms with Gasteiger partial charge in [-0.2, -0.15) is 0 Å². The summed E-state index contributed by atoms with van der Waals surface area (Å²) in [7, 11) is 0.